The number of hydrogen-bond donors (Lipinski definition) is 2. The van der Waals surface area contributed by atoms with Crippen LogP contribution in [-0.4, -0.2) is 58.6 Å². The van der Waals surface area contributed by atoms with E-state index < -0.39 is 5.91 Å². The van der Waals surface area contributed by atoms with Gasteiger partial charge in [-0.15, -0.1) is 0 Å². The molecule has 5 rings (SSSR count). The van der Waals surface area contributed by atoms with Crippen LogP contribution in [0.3, 0.4) is 0 Å². The van der Waals surface area contributed by atoms with Crippen molar-refractivity contribution in [2.24, 2.45) is 12.8 Å². The zero-order chi connectivity index (χ0) is 26.1. The van der Waals surface area contributed by atoms with Gasteiger partial charge in [0, 0.05) is 61.4 Å². The molecule has 37 heavy (non-hydrogen) atoms. The highest BCUT2D eigenvalue weighted by atomic mass is 35.5. The smallest absolute Gasteiger partial charge is 0.250 e. The number of hydrogen-bond acceptors (Lipinski definition) is 6. The molecule has 1 aliphatic heterocycles. The van der Waals surface area contributed by atoms with Gasteiger partial charge in [0.05, 0.1) is 22.6 Å². The van der Waals surface area contributed by atoms with E-state index in [1.54, 1.807) is 12.3 Å². The number of anilines is 3. The number of nitrogens with zero attached hydrogens (tertiary/aromatic N) is 5. The predicted molar refractivity (Wildman–Crippen MR) is 150 cm³/mol. The molecule has 2 aromatic heterocycles. The Morgan fingerprint density at radius 1 is 1.00 bits per heavy atom. The van der Waals surface area contributed by atoms with Crippen molar-refractivity contribution >= 4 is 34.8 Å². The molecule has 4 aromatic rings. The second-order valence-electron chi connectivity index (χ2n) is 9.40. The Balaban J connectivity index is 1.42. The molecule has 1 amide bonds. The minimum absolute atomic E-state index is 0.412. The second kappa shape index (κ2) is 10.2. The lowest BCUT2D eigenvalue weighted by molar-refractivity contribution is 0.100. The molecule has 0 bridgehead atoms. The zero-order valence-electron chi connectivity index (χ0n) is 21.2. The predicted octanol–water partition coefficient (Wildman–Crippen LogP) is 4.71. The Bertz CT molecular complexity index is 1440. The summed E-state index contributed by atoms with van der Waals surface area (Å²) in [5, 5.41) is 3.88. The van der Waals surface area contributed by atoms with Gasteiger partial charge in [0.2, 0.25) is 5.95 Å². The number of aromatic nitrogens is 3. The number of carbonyl (C=O) groups is 1. The van der Waals surface area contributed by atoms with Gasteiger partial charge in [-0.05, 0) is 68.1 Å². The third-order valence-corrected chi connectivity index (χ3v) is 7.10. The van der Waals surface area contributed by atoms with E-state index in [0.29, 0.717) is 27.9 Å². The summed E-state index contributed by atoms with van der Waals surface area (Å²) in [4.78, 5) is 26.2. The molecule has 0 unspecified atom stereocenters. The van der Waals surface area contributed by atoms with E-state index in [0.717, 1.165) is 48.7 Å². The quantitative estimate of drug-likeness (QED) is 0.386. The normalized spacial score (nSPS) is 14.1. The Labute approximate surface area is 221 Å². The van der Waals surface area contributed by atoms with Gasteiger partial charge in [0.1, 0.15) is 0 Å². The topological polar surface area (TPSA) is 92.3 Å². The van der Waals surface area contributed by atoms with Crippen LogP contribution in [0.1, 0.15) is 15.9 Å². The summed E-state index contributed by atoms with van der Waals surface area (Å²) >= 11 is 6.27. The number of halogens is 1. The van der Waals surface area contributed by atoms with Gasteiger partial charge in [0.25, 0.3) is 5.91 Å². The van der Waals surface area contributed by atoms with Crippen molar-refractivity contribution in [3.05, 3.63) is 76.9 Å². The Morgan fingerprint density at radius 2 is 1.73 bits per heavy atom. The first-order chi connectivity index (χ1) is 17.8. The number of nitrogens with two attached hydrogens (primary N) is 1. The first-order valence-corrected chi connectivity index (χ1v) is 12.6. The van der Waals surface area contributed by atoms with Crippen molar-refractivity contribution in [3.8, 4) is 22.6 Å². The Hall–Kier alpha value is -3.88. The summed E-state index contributed by atoms with van der Waals surface area (Å²) in [6.45, 7) is 6.15. The number of carbonyl (C=O) groups excluding carboxylic acids is 1. The lowest BCUT2D eigenvalue weighted by Crippen LogP contribution is -2.44. The van der Waals surface area contributed by atoms with E-state index in [2.05, 4.69) is 39.3 Å². The van der Waals surface area contributed by atoms with E-state index in [9.17, 15) is 4.79 Å². The molecule has 2 aromatic carbocycles. The number of rotatable bonds is 6. The molecule has 8 nitrogen and oxygen atoms in total. The van der Waals surface area contributed by atoms with Crippen molar-refractivity contribution in [1.82, 2.24) is 19.4 Å². The first kappa shape index (κ1) is 24.8. The summed E-state index contributed by atoms with van der Waals surface area (Å²) in [7, 11) is 4.05. The maximum Gasteiger partial charge on any atom is 0.250 e. The van der Waals surface area contributed by atoms with Crippen LogP contribution < -0.4 is 16.0 Å². The highest BCUT2D eigenvalue weighted by Crippen LogP contribution is 2.34. The monoisotopic (exact) mass is 515 g/mol. The molecule has 0 aliphatic carbocycles. The number of nitrogens with one attached hydrogen (secondary N) is 1. The minimum atomic E-state index is -0.510. The molecule has 190 valence electrons. The lowest BCUT2D eigenvalue weighted by atomic mass is 10.0. The van der Waals surface area contributed by atoms with Crippen LogP contribution in [-0.2, 0) is 7.05 Å². The van der Waals surface area contributed by atoms with E-state index in [-0.39, 0.29) is 0 Å². The molecule has 0 saturated carbocycles. The lowest BCUT2D eigenvalue weighted by Gasteiger charge is -2.34. The van der Waals surface area contributed by atoms with E-state index in [1.165, 1.54) is 5.69 Å². The number of aryl methyl sites for hydroxylation is 1. The van der Waals surface area contributed by atoms with Gasteiger partial charge in [-0.1, -0.05) is 17.7 Å². The van der Waals surface area contributed by atoms with Crippen LogP contribution in [0.2, 0.25) is 5.02 Å². The van der Waals surface area contributed by atoms with Gasteiger partial charge in [-0.2, -0.15) is 0 Å². The maximum atomic E-state index is 12.4. The molecular weight excluding hydrogens is 486 g/mol. The Kier molecular flexibility index (Phi) is 6.86. The number of likely N-dealkylation sites (N-methyl/N-ethyl adjacent to an activating group) is 1. The van der Waals surface area contributed by atoms with E-state index in [1.807, 2.05) is 54.9 Å². The fourth-order valence-corrected chi connectivity index (χ4v) is 4.89. The van der Waals surface area contributed by atoms with Crippen molar-refractivity contribution < 1.29 is 4.79 Å². The second-order valence-corrected chi connectivity index (χ2v) is 9.84. The zero-order valence-corrected chi connectivity index (χ0v) is 22.0. The number of amides is 1. The first-order valence-electron chi connectivity index (χ1n) is 12.2. The molecule has 0 spiro atoms. The maximum absolute atomic E-state index is 12.4. The average Bonchev–Trinajstić information content (AvgIpc) is 3.24. The Morgan fingerprint density at radius 3 is 2.43 bits per heavy atom. The third kappa shape index (κ3) is 5.16. The highest BCUT2D eigenvalue weighted by Gasteiger charge is 2.21. The fraction of sp³-hybridized carbons (Fsp3) is 0.250. The molecule has 0 radical (unpaired) electrons. The largest absolute Gasteiger partial charge is 0.369 e. The van der Waals surface area contributed by atoms with Crippen molar-refractivity contribution in [2.45, 2.75) is 6.92 Å². The third-order valence-electron chi connectivity index (χ3n) is 6.86. The summed E-state index contributed by atoms with van der Waals surface area (Å²) in [6, 6.07) is 17.5. The van der Waals surface area contributed by atoms with Crippen LogP contribution >= 0.6 is 11.6 Å². The fourth-order valence-electron chi connectivity index (χ4n) is 4.72. The van der Waals surface area contributed by atoms with Crippen molar-refractivity contribution in [2.75, 3.05) is 43.4 Å². The number of primary amides is 1. The highest BCUT2D eigenvalue weighted by molar-refractivity contribution is 6.31. The average molecular weight is 516 g/mol. The van der Waals surface area contributed by atoms with Gasteiger partial charge in [-0.3, -0.25) is 4.79 Å². The van der Waals surface area contributed by atoms with Gasteiger partial charge in [-0.25, -0.2) is 9.97 Å². The molecule has 1 saturated heterocycles. The van der Waals surface area contributed by atoms with Crippen LogP contribution in [0.25, 0.3) is 22.6 Å². The molecule has 1 aliphatic rings. The van der Waals surface area contributed by atoms with Crippen LogP contribution in [0.15, 0.2) is 60.8 Å². The number of benzene rings is 2. The SMILES string of the molecule is Cc1ccc(Cl)cc1-c1c(C(N)=O)cc(-c2ccnc(Nc3ccc(N4CCN(C)CC4)cc3)n2)n1C. The van der Waals surface area contributed by atoms with Crippen molar-refractivity contribution in [3.63, 3.8) is 0 Å². The molecular formula is C28H30ClN7O. The van der Waals surface area contributed by atoms with Crippen molar-refractivity contribution in [1.29, 1.82) is 0 Å². The standard InChI is InChI=1S/C28H30ClN7O/c1-18-4-5-19(29)16-22(18)26-23(27(30)37)17-25(35(26)3)24-10-11-31-28(33-24)32-20-6-8-21(9-7-20)36-14-12-34(2)13-15-36/h4-11,16-17H,12-15H2,1-3H3,(H2,30,37)(H,31,32,33). The molecule has 0 atom stereocenters. The molecule has 1 fully saturated rings. The molecule has 9 heteroatoms. The summed E-state index contributed by atoms with van der Waals surface area (Å²) in [6.07, 6.45) is 1.70. The van der Waals surface area contributed by atoms with Gasteiger partial charge < -0.3 is 25.4 Å². The minimum Gasteiger partial charge on any atom is -0.369 e. The number of piperazine rings is 1. The van der Waals surface area contributed by atoms with Crippen LogP contribution in [0.5, 0.6) is 0 Å². The summed E-state index contributed by atoms with van der Waals surface area (Å²) in [5.74, 6) is -0.0452. The molecule has 3 N–H and O–H groups in total. The van der Waals surface area contributed by atoms with Gasteiger partial charge >= 0.3 is 0 Å². The summed E-state index contributed by atoms with van der Waals surface area (Å²) < 4.78 is 1.93. The van der Waals surface area contributed by atoms with E-state index >= 15 is 0 Å². The summed E-state index contributed by atoms with van der Waals surface area (Å²) in [5.41, 5.74) is 12.3. The molecule has 3 heterocycles. The van der Waals surface area contributed by atoms with Crippen LogP contribution in [0, 0.1) is 6.92 Å². The van der Waals surface area contributed by atoms with Gasteiger partial charge in [0.15, 0.2) is 0 Å². The van der Waals surface area contributed by atoms with E-state index in [4.69, 9.17) is 22.3 Å². The van der Waals surface area contributed by atoms with Crippen LogP contribution in [0.4, 0.5) is 17.3 Å².